The van der Waals surface area contributed by atoms with Crippen molar-refractivity contribution in [2.45, 2.75) is 5.03 Å². The molecule has 0 saturated carbocycles. The van der Waals surface area contributed by atoms with Crippen LogP contribution in [0.25, 0.3) is 0 Å². The molecule has 14 heavy (non-hydrogen) atoms. The van der Waals surface area contributed by atoms with E-state index in [-0.39, 0.29) is 21.5 Å². The molecule has 0 aromatic carbocycles. The van der Waals surface area contributed by atoms with Crippen LogP contribution in [0.1, 0.15) is 10.4 Å². The number of aldehydes is 1. The van der Waals surface area contributed by atoms with Gasteiger partial charge in [-0.1, -0.05) is 23.4 Å². The lowest BCUT2D eigenvalue weighted by Crippen LogP contribution is -2.00. The molecule has 5 nitrogen and oxygen atoms in total. The molecule has 1 heterocycles. The van der Waals surface area contributed by atoms with Crippen LogP contribution in [0.2, 0.25) is 5.15 Å². The Balaban J connectivity index is 2.90. The summed E-state index contributed by atoms with van der Waals surface area (Å²) in [5.74, 6) is -1.16. The van der Waals surface area contributed by atoms with Crippen LogP contribution in [0.5, 0.6) is 0 Å². The van der Waals surface area contributed by atoms with Gasteiger partial charge in [0.25, 0.3) is 0 Å². The highest BCUT2D eigenvalue weighted by Gasteiger charge is 2.10. The highest BCUT2D eigenvalue weighted by molar-refractivity contribution is 7.99. The van der Waals surface area contributed by atoms with Crippen LogP contribution in [-0.2, 0) is 4.79 Å². The van der Waals surface area contributed by atoms with E-state index in [1.54, 1.807) is 0 Å². The fourth-order valence-corrected chi connectivity index (χ4v) is 1.62. The van der Waals surface area contributed by atoms with E-state index < -0.39 is 5.97 Å². The summed E-state index contributed by atoms with van der Waals surface area (Å²) < 4.78 is 0. The van der Waals surface area contributed by atoms with Gasteiger partial charge in [-0.3, -0.25) is 9.59 Å². The van der Waals surface area contributed by atoms with E-state index >= 15 is 0 Å². The zero-order valence-electron chi connectivity index (χ0n) is 6.81. The summed E-state index contributed by atoms with van der Waals surface area (Å²) in [6.45, 7) is 0. The van der Waals surface area contributed by atoms with Crippen molar-refractivity contribution in [3.8, 4) is 0 Å². The third-order valence-electron chi connectivity index (χ3n) is 1.25. The van der Waals surface area contributed by atoms with E-state index in [1.807, 2.05) is 0 Å². The Morgan fingerprint density at radius 2 is 2.36 bits per heavy atom. The Hall–Kier alpha value is -1.14. The second-order valence-electron chi connectivity index (χ2n) is 2.18. The number of aliphatic carboxylic acids is 1. The van der Waals surface area contributed by atoms with Gasteiger partial charge in [-0.2, -0.15) is 0 Å². The molecular weight excluding hydrogens is 228 g/mol. The molecule has 1 aromatic heterocycles. The molecule has 1 N–H and O–H groups in total. The van der Waals surface area contributed by atoms with Crippen LogP contribution < -0.4 is 0 Å². The SMILES string of the molecule is O=Cc1c(Cl)ncnc1SCC(=O)O. The number of carbonyl (C=O) groups excluding carboxylic acids is 1. The van der Waals surface area contributed by atoms with Gasteiger partial charge in [0.1, 0.15) is 16.5 Å². The van der Waals surface area contributed by atoms with Crippen molar-refractivity contribution in [1.82, 2.24) is 9.97 Å². The van der Waals surface area contributed by atoms with Crippen molar-refractivity contribution in [2.24, 2.45) is 0 Å². The van der Waals surface area contributed by atoms with Gasteiger partial charge >= 0.3 is 5.97 Å². The van der Waals surface area contributed by atoms with E-state index in [0.717, 1.165) is 11.8 Å². The summed E-state index contributed by atoms with van der Waals surface area (Å²) in [5, 5.41) is 8.73. The lowest BCUT2D eigenvalue weighted by Gasteiger charge is -2.01. The standard InChI is InChI=1S/C7H5ClN2O3S/c8-6-4(1-11)7(10-3-9-6)14-2-5(12)13/h1,3H,2H2,(H,12,13). The minimum absolute atomic E-state index is 0.0305. The number of carboxylic acids is 1. The molecule has 1 rings (SSSR count). The fourth-order valence-electron chi connectivity index (χ4n) is 0.703. The lowest BCUT2D eigenvalue weighted by atomic mass is 10.4. The maximum atomic E-state index is 10.6. The zero-order chi connectivity index (χ0) is 10.6. The van der Waals surface area contributed by atoms with Gasteiger partial charge in [-0.25, -0.2) is 9.97 Å². The van der Waals surface area contributed by atoms with E-state index in [4.69, 9.17) is 16.7 Å². The molecule has 0 aliphatic heterocycles. The Morgan fingerprint density at radius 3 is 2.93 bits per heavy atom. The molecule has 1 aromatic rings. The van der Waals surface area contributed by atoms with E-state index in [2.05, 4.69) is 9.97 Å². The second-order valence-corrected chi connectivity index (χ2v) is 3.51. The molecule has 0 unspecified atom stereocenters. The summed E-state index contributed by atoms with van der Waals surface area (Å²) in [6.07, 6.45) is 1.69. The number of hydrogen-bond acceptors (Lipinski definition) is 5. The van der Waals surface area contributed by atoms with Crippen molar-refractivity contribution in [3.05, 3.63) is 17.0 Å². The molecule has 0 atom stereocenters. The zero-order valence-corrected chi connectivity index (χ0v) is 8.38. The fraction of sp³-hybridized carbons (Fsp3) is 0.143. The molecule has 7 heteroatoms. The Labute approximate surface area is 88.5 Å². The Kier molecular flexibility index (Phi) is 3.84. The van der Waals surface area contributed by atoms with Crippen molar-refractivity contribution in [1.29, 1.82) is 0 Å². The first-order valence-electron chi connectivity index (χ1n) is 3.45. The normalized spacial score (nSPS) is 9.79. The first-order valence-corrected chi connectivity index (χ1v) is 4.81. The Morgan fingerprint density at radius 1 is 1.64 bits per heavy atom. The number of carbonyl (C=O) groups is 2. The second kappa shape index (κ2) is 4.92. The van der Waals surface area contributed by atoms with Crippen LogP contribution in [-0.4, -0.2) is 33.1 Å². The van der Waals surface area contributed by atoms with Gasteiger partial charge in [0, 0.05) is 0 Å². The summed E-state index contributed by atoms with van der Waals surface area (Å²) in [4.78, 5) is 28.2. The van der Waals surface area contributed by atoms with Crippen molar-refractivity contribution < 1.29 is 14.7 Å². The quantitative estimate of drug-likeness (QED) is 0.476. The van der Waals surface area contributed by atoms with Gasteiger partial charge in [0.05, 0.1) is 11.3 Å². The first-order chi connectivity index (χ1) is 6.65. The average Bonchev–Trinajstić information content (AvgIpc) is 2.14. The van der Waals surface area contributed by atoms with Crippen molar-refractivity contribution in [3.63, 3.8) is 0 Å². The van der Waals surface area contributed by atoms with Crippen LogP contribution in [0.3, 0.4) is 0 Å². The van der Waals surface area contributed by atoms with Gasteiger partial charge < -0.3 is 5.11 Å². The smallest absolute Gasteiger partial charge is 0.313 e. The molecule has 74 valence electrons. The predicted molar refractivity (Wildman–Crippen MR) is 50.8 cm³/mol. The molecular formula is C7H5ClN2O3S. The van der Waals surface area contributed by atoms with Crippen LogP contribution >= 0.6 is 23.4 Å². The summed E-state index contributed by atoms with van der Waals surface area (Å²) in [6, 6.07) is 0. The van der Waals surface area contributed by atoms with Gasteiger partial charge in [0.15, 0.2) is 6.29 Å². The highest BCUT2D eigenvalue weighted by atomic mass is 35.5. The van der Waals surface area contributed by atoms with Gasteiger partial charge in [-0.15, -0.1) is 0 Å². The monoisotopic (exact) mass is 232 g/mol. The number of aromatic nitrogens is 2. The van der Waals surface area contributed by atoms with Crippen molar-refractivity contribution >= 4 is 35.6 Å². The maximum Gasteiger partial charge on any atom is 0.313 e. The molecule has 0 spiro atoms. The third-order valence-corrected chi connectivity index (χ3v) is 2.54. The number of thioether (sulfide) groups is 1. The minimum Gasteiger partial charge on any atom is -0.481 e. The molecule has 0 amide bonds. The largest absolute Gasteiger partial charge is 0.481 e. The first kappa shape index (κ1) is 10.9. The summed E-state index contributed by atoms with van der Waals surface area (Å²) in [5.41, 5.74) is 0.125. The number of hydrogen-bond donors (Lipinski definition) is 1. The maximum absolute atomic E-state index is 10.6. The average molecular weight is 233 g/mol. The molecule has 0 saturated heterocycles. The van der Waals surface area contributed by atoms with Gasteiger partial charge in [-0.05, 0) is 0 Å². The number of nitrogens with zero attached hydrogens (tertiary/aromatic N) is 2. The lowest BCUT2D eigenvalue weighted by molar-refractivity contribution is -0.133. The number of rotatable bonds is 4. The topological polar surface area (TPSA) is 80.2 Å². The van der Waals surface area contributed by atoms with Crippen molar-refractivity contribution in [2.75, 3.05) is 5.75 Å². The predicted octanol–water partition coefficient (Wildman–Crippen LogP) is 1.12. The molecule has 0 aliphatic carbocycles. The highest BCUT2D eigenvalue weighted by Crippen LogP contribution is 2.22. The summed E-state index contributed by atoms with van der Waals surface area (Å²) >= 11 is 6.53. The molecule has 0 aliphatic rings. The van der Waals surface area contributed by atoms with E-state index in [9.17, 15) is 9.59 Å². The van der Waals surface area contributed by atoms with E-state index in [0.29, 0.717) is 6.29 Å². The van der Waals surface area contributed by atoms with Crippen LogP contribution in [0, 0.1) is 0 Å². The molecule has 0 bridgehead atoms. The number of halogens is 1. The summed E-state index contributed by atoms with van der Waals surface area (Å²) in [7, 11) is 0. The van der Waals surface area contributed by atoms with E-state index in [1.165, 1.54) is 6.33 Å². The molecule has 0 radical (unpaired) electrons. The van der Waals surface area contributed by atoms with Crippen LogP contribution in [0.15, 0.2) is 11.4 Å². The van der Waals surface area contributed by atoms with Crippen LogP contribution in [0.4, 0.5) is 0 Å². The molecule has 0 fully saturated rings. The minimum atomic E-state index is -0.985. The van der Waals surface area contributed by atoms with Gasteiger partial charge in [0.2, 0.25) is 0 Å². The third kappa shape index (κ3) is 2.68. The Bertz CT molecular complexity index is 372. The number of carboxylic acid groups (broad SMARTS) is 1.